The topological polar surface area (TPSA) is 47.9 Å². The Bertz CT molecular complexity index is 238. The lowest BCUT2D eigenvalue weighted by atomic mass is 10.3. The predicted molar refractivity (Wildman–Crippen MR) is 43.7 cm³/mol. The monoisotopic (exact) mass is 193 g/mol. The van der Waals surface area contributed by atoms with Crippen molar-refractivity contribution in [3.63, 3.8) is 0 Å². The van der Waals surface area contributed by atoms with Gasteiger partial charge in [-0.2, -0.15) is 0 Å². The molecule has 0 aromatic rings. The smallest absolute Gasteiger partial charge is 0.290 e. The van der Waals surface area contributed by atoms with Gasteiger partial charge in [0.15, 0.2) is 0 Å². The third-order valence-corrected chi connectivity index (χ3v) is 2.96. The molecule has 0 aromatic heterocycles. The maximum absolute atomic E-state index is 11.3. The van der Waals surface area contributed by atoms with Crippen molar-refractivity contribution in [2.75, 3.05) is 6.61 Å². The van der Waals surface area contributed by atoms with E-state index in [9.17, 15) is 4.57 Å². The van der Waals surface area contributed by atoms with Gasteiger partial charge in [0, 0.05) is 0 Å². The van der Waals surface area contributed by atoms with Gasteiger partial charge >= 0.3 is 7.75 Å². The molecule has 6 heteroatoms. The molecule has 1 heterocycles. The average Bonchev–Trinajstić information content (AvgIpc) is 1.86. The van der Waals surface area contributed by atoms with Crippen molar-refractivity contribution in [2.24, 2.45) is 4.76 Å². The first-order valence-corrected chi connectivity index (χ1v) is 5.09. The SMILES string of the molecule is C[C@H]1CCO[P@](=O)(N=C=S)O1. The van der Waals surface area contributed by atoms with Crippen LogP contribution in [0.2, 0.25) is 0 Å². The molecule has 0 aromatic carbocycles. The molecule has 1 aliphatic rings. The highest BCUT2D eigenvalue weighted by molar-refractivity contribution is 7.78. The van der Waals surface area contributed by atoms with E-state index >= 15 is 0 Å². The zero-order valence-corrected chi connectivity index (χ0v) is 7.73. The van der Waals surface area contributed by atoms with Crippen LogP contribution < -0.4 is 0 Å². The van der Waals surface area contributed by atoms with Gasteiger partial charge in [-0.05, 0) is 25.6 Å². The Kier molecular flexibility index (Phi) is 2.93. The summed E-state index contributed by atoms with van der Waals surface area (Å²) >= 11 is 4.29. The van der Waals surface area contributed by atoms with E-state index in [-0.39, 0.29) is 6.10 Å². The minimum atomic E-state index is -3.26. The molecule has 0 N–H and O–H groups in total. The van der Waals surface area contributed by atoms with Crippen LogP contribution in [0.4, 0.5) is 0 Å². The standard InChI is InChI=1S/C5H8NO3PS/c1-5-2-3-8-10(7,9-5)6-4-11/h5H,2-3H2,1H3/t5-,10+/m0/s1. The van der Waals surface area contributed by atoms with Gasteiger partial charge in [-0.25, -0.2) is 4.57 Å². The Morgan fingerprint density at radius 2 is 2.55 bits per heavy atom. The second-order valence-corrected chi connectivity index (χ2v) is 3.99. The fraction of sp³-hybridized carbons (Fsp3) is 0.800. The Morgan fingerprint density at radius 1 is 1.82 bits per heavy atom. The molecule has 0 saturated carbocycles. The summed E-state index contributed by atoms with van der Waals surface area (Å²) in [6.07, 6.45) is 0.651. The molecule has 0 aliphatic carbocycles. The minimum absolute atomic E-state index is 0.0818. The van der Waals surface area contributed by atoms with Crippen molar-refractivity contribution in [3.05, 3.63) is 0 Å². The highest BCUT2D eigenvalue weighted by Crippen LogP contribution is 2.53. The van der Waals surface area contributed by atoms with E-state index < -0.39 is 7.75 Å². The van der Waals surface area contributed by atoms with E-state index in [0.717, 1.165) is 6.42 Å². The summed E-state index contributed by atoms with van der Waals surface area (Å²) in [6, 6.07) is 0. The second kappa shape index (κ2) is 3.57. The van der Waals surface area contributed by atoms with Crippen molar-refractivity contribution in [1.29, 1.82) is 0 Å². The summed E-state index contributed by atoms with van der Waals surface area (Å²) in [6.45, 7) is 2.22. The number of rotatable bonds is 1. The molecule has 0 spiro atoms. The number of hydrogen-bond acceptors (Lipinski definition) is 4. The first kappa shape index (κ1) is 9.04. The molecule has 0 unspecified atom stereocenters. The van der Waals surface area contributed by atoms with Crippen LogP contribution >= 0.6 is 20.0 Å². The summed E-state index contributed by atoms with van der Waals surface area (Å²) in [4.78, 5) is 0. The summed E-state index contributed by atoms with van der Waals surface area (Å²) in [5.41, 5.74) is 0. The van der Waals surface area contributed by atoms with E-state index in [1.54, 1.807) is 0 Å². The minimum Gasteiger partial charge on any atom is -0.290 e. The molecule has 1 saturated heterocycles. The van der Waals surface area contributed by atoms with Gasteiger partial charge in [0.1, 0.15) is 0 Å². The zero-order chi connectivity index (χ0) is 8.32. The van der Waals surface area contributed by atoms with Crippen molar-refractivity contribution >= 4 is 25.1 Å². The molecule has 62 valence electrons. The fourth-order valence-corrected chi connectivity index (χ4v) is 2.21. The van der Waals surface area contributed by atoms with Crippen molar-refractivity contribution in [1.82, 2.24) is 0 Å². The van der Waals surface area contributed by atoms with Crippen LogP contribution in [0.5, 0.6) is 0 Å². The molecule has 1 aliphatic heterocycles. The van der Waals surface area contributed by atoms with Gasteiger partial charge in [0.25, 0.3) is 0 Å². The molecule has 2 atom stereocenters. The summed E-state index contributed by atoms with van der Waals surface area (Å²) in [7, 11) is -3.26. The fourth-order valence-electron chi connectivity index (χ4n) is 0.747. The molecule has 0 amide bonds. The predicted octanol–water partition coefficient (Wildman–Crippen LogP) is 2.02. The van der Waals surface area contributed by atoms with Crippen LogP contribution in [-0.4, -0.2) is 17.9 Å². The lowest BCUT2D eigenvalue weighted by Crippen LogP contribution is -2.15. The molecule has 1 rings (SSSR count). The van der Waals surface area contributed by atoms with E-state index in [4.69, 9.17) is 9.05 Å². The van der Waals surface area contributed by atoms with Crippen molar-refractivity contribution < 1.29 is 13.6 Å². The van der Waals surface area contributed by atoms with Crippen LogP contribution in [0.3, 0.4) is 0 Å². The molecule has 1 fully saturated rings. The average molecular weight is 193 g/mol. The maximum Gasteiger partial charge on any atom is 0.462 e. The Labute approximate surface area is 70.2 Å². The van der Waals surface area contributed by atoms with E-state index in [2.05, 4.69) is 17.0 Å². The lowest BCUT2D eigenvalue weighted by Gasteiger charge is -2.22. The largest absolute Gasteiger partial charge is 0.462 e. The third kappa shape index (κ3) is 2.47. The van der Waals surface area contributed by atoms with Crippen LogP contribution in [-0.2, 0) is 13.6 Å². The molecule has 0 radical (unpaired) electrons. The summed E-state index contributed by atoms with van der Waals surface area (Å²) < 4.78 is 24.4. The van der Waals surface area contributed by atoms with Crippen LogP contribution in [0.25, 0.3) is 0 Å². The lowest BCUT2D eigenvalue weighted by molar-refractivity contribution is 0.0931. The van der Waals surface area contributed by atoms with Crippen molar-refractivity contribution in [3.8, 4) is 0 Å². The van der Waals surface area contributed by atoms with Gasteiger partial charge in [0.05, 0.1) is 17.9 Å². The number of thiocarbonyl (C=S) groups is 1. The number of isothiocyanates is 1. The van der Waals surface area contributed by atoms with Crippen LogP contribution in [0.15, 0.2) is 4.76 Å². The summed E-state index contributed by atoms with van der Waals surface area (Å²) in [5.74, 6) is 0. The molecule has 0 bridgehead atoms. The van der Waals surface area contributed by atoms with Crippen LogP contribution in [0, 0.1) is 0 Å². The molecule has 11 heavy (non-hydrogen) atoms. The first-order valence-electron chi connectivity index (χ1n) is 3.19. The maximum atomic E-state index is 11.3. The van der Waals surface area contributed by atoms with E-state index in [1.807, 2.05) is 12.1 Å². The third-order valence-electron chi connectivity index (χ3n) is 1.26. The number of hydrogen-bond donors (Lipinski definition) is 0. The molecular weight excluding hydrogens is 185 g/mol. The quantitative estimate of drug-likeness (QED) is 0.363. The van der Waals surface area contributed by atoms with Gasteiger partial charge in [-0.15, -0.1) is 4.76 Å². The first-order chi connectivity index (χ1) is 5.16. The Morgan fingerprint density at radius 3 is 3.09 bits per heavy atom. The van der Waals surface area contributed by atoms with Gasteiger partial charge in [-0.1, -0.05) is 0 Å². The van der Waals surface area contributed by atoms with Gasteiger partial charge in [0.2, 0.25) is 0 Å². The second-order valence-electron chi connectivity index (χ2n) is 2.20. The molecule has 4 nitrogen and oxygen atoms in total. The van der Waals surface area contributed by atoms with E-state index in [1.165, 1.54) is 0 Å². The zero-order valence-electron chi connectivity index (χ0n) is 6.02. The Balaban J connectivity index is 2.70. The van der Waals surface area contributed by atoms with Crippen LogP contribution in [0.1, 0.15) is 13.3 Å². The van der Waals surface area contributed by atoms with E-state index in [0.29, 0.717) is 6.61 Å². The highest BCUT2D eigenvalue weighted by atomic mass is 32.1. The van der Waals surface area contributed by atoms with Crippen molar-refractivity contribution in [2.45, 2.75) is 19.4 Å². The summed E-state index contributed by atoms with van der Waals surface area (Å²) in [5, 5.41) is 1.99. The van der Waals surface area contributed by atoms with Gasteiger partial charge < -0.3 is 0 Å². The normalized spacial score (nSPS) is 37.7. The highest BCUT2D eigenvalue weighted by Gasteiger charge is 2.30. The Hall–Kier alpha value is -0.0500. The van der Waals surface area contributed by atoms with Gasteiger partial charge in [-0.3, -0.25) is 9.05 Å². The molecular formula is C5H8NO3PS. The number of nitrogens with zero attached hydrogens (tertiary/aromatic N) is 1.